The zero-order valence-electron chi connectivity index (χ0n) is 18.3. The van der Waals surface area contributed by atoms with Crippen LogP contribution in [0.3, 0.4) is 0 Å². The molecule has 0 spiro atoms. The summed E-state index contributed by atoms with van der Waals surface area (Å²) in [6, 6.07) is 12.5. The number of thiazole rings is 1. The Kier molecular flexibility index (Phi) is 6.33. The summed E-state index contributed by atoms with van der Waals surface area (Å²) >= 11 is 7.89. The summed E-state index contributed by atoms with van der Waals surface area (Å²) in [5.74, 6) is 0.144. The summed E-state index contributed by atoms with van der Waals surface area (Å²) in [5, 5.41) is 1.21. The van der Waals surface area contributed by atoms with Crippen LogP contribution in [-0.2, 0) is 10.0 Å². The Morgan fingerprint density at radius 2 is 1.84 bits per heavy atom. The van der Waals surface area contributed by atoms with E-state index in [9.17, 15) is 13.2 Å². The van der Waals surface area contributed by atoms with Crippen LogP contribution < -0.4 is 4.72 Å². The van der Waals surface area contributed by atoms with E-state index in [0.29, 0.717) is 24.6 Å². The predicted octanol–water partition coefficient (Wildman–Crippen LogP) is 5.05. The lowest BCUT2D eigenvalue weighted by Gasteiger charge is -2.31. The Morgan fingerprint density at radius 3 is 2.50 bits per heavy atom. The molecule has 3 aromatic rings. The smallest absolute Gasteiger partial charge is 0.253 e. The fraction of sp³-hybridized carbons (Fsp3) is 0.391. The molecule has 0 unspecified atom stereocenters. The number of para-hydroxylation sites is 1. The maximum atomic E-state index is 13.1. The molecule has 0 saturated carbocycles. The van der Waals surface area contributed by atoms with Gasteiger partial charge in [-0.25, -0.2) is 18.1 Å². The molecule has 0 atom stereocenters. The topological polar surface area (TPSA) is 79.4 Å². The maximum Gasteiger partial charge on any atom is 0.253 e. The number of benzene rings is 2. The van der Waals surface area contributed by atoms with Crippen LogP contribution in [0.4, 0.5) is 0 Å². The van der Waals surface area contributed by atoms with Crippen molar-refractivity contribution in [1.29, 1.82) is 0 Å². The average Bonchev–Trinajstić information content (AvgIpc) is 3.16. The van der Waals surface area contributed by atoms with E-state index in [0.717, 1.165) is 23.4 Å². The molecular weight excluding hydrogens is 466 g/mol. The molecule has 6 nitrogen and oxygen atoms in total. The number of sulfonamides is 1. The summed E-state index contributed by atoms with van der Waals surface area (Å²) in [6.07, 6.45) is 1.66. The second kappa shape index (κ2) is 8.74. The van der Waals surface area contributed by atoms with Gasteiger partial charge in [-0.1, -0.05) is 23.7 Å². The number of carbonyl (C=O) groups excluding carboxylic acids is 1. The molecule has 1 aliphatic heterocycles. The van der Waals surface area contributed by atoms with Gasteiger partial charge in [0.15, 0.2) is 0 Å². The van der Waals surface area contributed by atoms with E-state index in [-0.39, 0.29) is 15.8 Å². The van der Waals surface area contributed by atoms with Crippen LogP contribution in [-0.4, -0.2) is 42.8 Å². The molecule has 1 amide bonds. The number of likely N-dealkylation sites (tertiary alicyclic amines) is 1. The third-order valence-electron chi connectivity index (χ3n) is 5.35. The van der Waals surface area contributed by atoms with Gasteiger partial charge in [0.2, 0.25) is 10.0 Å². The largest absolute Gasteiger partial charge is 0.339 e. The quantitative estimate of drug-likeness (QED) is 0.554. The average molecular weight is 492 g/mol. The van der Waals surface area contributed by atoms with Crippen molar-refractivity contribution in [2.24, 2.45) is 0 Å². The number of hydrogen-bond donors (Lipinski definition) is 1. The third kappa shape index (κ3) is 4.98. The molecule has 0 bridgehead atoms. The number of halogens is 1. The molecule has 1 aliphatic rings. The minimum atomic E-state index is -3.85. The second-order valence-corrected chi connectivity index (χ2v) is 12.2. The van der Waals surface area contributed by atoms with Crippen LogP contribution in [0.25, 0.3) is 10.2 Å². The highest BCUT2D eigenvalue weighted by molar-refractivity contribution is 7.89. The van der Waals surface area contributed by atoms with Crippen molar-refractivity contribution < 1.29 is 13.2 Å². The summed E-state index contributed by atoms with van der Waals surface area (Å²) < 4.78 is 29.3. The van der Waals surface area contributed by atoms with Crippen molar-refractivity contribution in [3.8, 4) is 0 Å². The summed E-state index contributed by atoms with van der Waals surface area (Å²) in [4.78, 5) is 19.6. The van der Waals surface area contributed by atoms with Gasteiger partial charge < -0.3 is 4.90 Å². The zero-order chi connectivity index (χ0) is 23.1. The lowest BCUT2D eigenvalue weighted by Crippen LogP contribution is -2.41. The highest BCUT2D eigenvalue weighted by atomic mass is 35.5. The molecule has 1 N–H and O–H groups in total. The Hall–Kier alpha value is -2.00. The van der Waals surface area contributed by atoms with Crippen molar-refractivity contribution in [1.82, 2.24) is 14.6 Å². The number of rotatable bonds is 4. The van der Waals surface area contributed by atoms with Gasteiger partial charge in [0.05, 0.1) is 20.2 Å². The second-order valence-electron chi connectivity index (χ2n) is 9.09. The first-order valence-electron chi connectivity index (χ1n) is 10.5. The lowest BCUT2D eigenvalue weighted by atomic mass is 9.97. The third-order valence-corrected chi connectivity index (χ3v) is 8.79. The van der Waals surface area contributed by atoms with Crippen molar-refractivity contribution >= 4 is 49.1 Å². The Balaban J connectivity index is 1.48. The monoisotopic (exact) mass is 491 g/mol. The minimum absolute atomic E-state index is 0.0793. The molecule has 170 valence electrons. The molecule has 1 fully saturated rings. The number of aromatic nitrogens is 1. The SMILES string of the molecule is CC(C)(C)NS(=O)(=O)c1cc(C(=O)N2CCC(c3nc4ccccc4s3)CC2)ccc1Cl. The first-order valence-corrected chi connectivity index (χ1v) is 13.2. The summed E-state index contributed by atoms with van der Waals surface area (Å²) in [5.41, 5.74) is 0.678. The number of hydrogen-bond acceptors (Lipinski definition) is 5. The van der Waals surface area contributed by atoms with Crippen LogP contribution >= 0.6 is 22.9 Å². The normalized spacial score (nSPS) is 15.9. The molecule has 32 heavy (non-hydrogen) atoms. The van der Waals surface area contributed by atoms with Gasteiger partial charge in [-0.05, 0) is 63.9 Å². The molecule has 9 heteroatoms. The Morgan fingerprint density at radius 1 is 1.16 bits per heavy atom. The van der Waals surface area contributed by atoms with E-state index in [1.54, 1.807) is 43.1 Å². The van der Waals surface area contributed by atoms with E-state index in [1.807, 2.05) is 18.2 Å². The molecule has 0 radical (unpaired) electrons. The summed E-state index contributed by atoms with van der Waals surface area (Å²) in [6.45, 7) is 6.46. The van der Waals surface area contributed by atoms with Crippen molar-refractivity contribution in [2.75, 3.05) is 13.1 Å². The first-order chi connectivity index (χ1) is 15.0. The van der Waals surface area contributed by atoms with Gasteiger partial charge in [0.25, 0.3) is 5.91 Å². The van der Waals surface area contributed by atoms with Crippen molar-refractivity contribution in [2.45, 2.75) is 50.0 Å². The van der Waals surface area contributed by atoms with E-state index < -0.39 is 15.6 Å². The molecule has 0 aliphatic carbocycles. The number of nitrogens with one attached hydrogen (secondary N) is 1. The Bertz CT molecular complexity index is 1220. The van der Waals surface area contributed by atoms with Crippen molar-refractivity contribution in [3.05, 3.63) is 58.1 Å². The molecule has 1 saturated heterocycles. The van der Waals surface area contributed by atoms with Gasteiger partial charge in [-0.15, -0.1) is 11.3 Å². The van der Waals surface area contributed by atoms with Crippen LogP contribution in [0.1, 0.15) is 54.9 Å². The number of amides is 1. The van der Waals surface area contributed by atoms with Crippen molar-refractivity contribution in [3.63, 3.8) is 0 Å². The van der Waals surface area contributed by atoms with Gasteiger partial charge >= 0.3 is 0 Å². The van der Waals surface area contributed by atoms with Crippen LogP contribution in [0.5, 0.6) is 0 Å². The lowest BCUT2D eigenvalue weighted by molar-refractivity contribution is 0.0712. The molecule has 4 rings (SSSR count). The summed E-state index contributed by atoms with van der Waals surface area (Å²) in [7, 11) is -3.85. The van der Waals surface area contributed by atoms with Crippen LogP contribution in [0.15, 0.2) is 47.4 Å². The van der Waals surface area contributed by atoms with Gasteiger partial charge in [-0.2, -0.15) is 0 Å². The first kappa shape index (κ1) is 23.2. The number of fused-ring (bicyclic) bond motifs is 1. The maximum absolute atomic E-state index is 13.1. The minimum Gasteiger partial charge on any atom is -0.339 e. The van der Waals surface area contributed by atoms with Gasteiger partial charge in [0.1, 0.15) is 4.90 Å². The zero-order valence-corrected chi connectivity index (χ0v) is 20.6. The predicted molar refractivity (Wildman–Crippen MR) is 129 cm³/mol. The fourth-order valence-corrected chi connectivity index (χ4v) is 6.96. The van der Waals surface area contributed by atoms with Crippen LogP contribution in [0, 0.1) is 0 Å². The molecule has 2 heterocycles. The Labute approximate surface area is 197 Å². The molecular formula is C23H26ClN3O3S2. The molecule has 1 aromatic heterocycles. The van der Waals surface area contributed by atoms with Gasteiger partial charge in [-0.3, -0.25) is 4.79 Å². The number of piperidine rings is 1. The van der Waals surface area contributed by atoms with E-state index in [1.165, 1.54) is 16.8 Å². The molecule has 2 aromatic carbocycles. The van der Waals surface area contributed by atoms with E-state index in [2.05, 4.69) is 10.8 Å². The van der Waals surface area contributed by atoms with Crippen LogP contribution in [0.2, 0.25) is 5.02 Å². The highest BCUT2D eigenvalue weighted by Gasteiger charge is 2.29. The van der Waals surface area contributed by atoms with E-state index >= 15 is 0 Å². The van der Waals surface area contributed by atoms with Gasteiger partial charge in [0, 0.05) is 30.1 Å². The highest BCUT2D eigenvalue weighted by Crippen LogP contribution is 2.34. The standard InChI is InChI=1S/C23H26ClN3O3S2/c1-23(2,3)26-32(29,30)20-14-16(8-9-17(20)24)22(28)27-12-10-15(11-13-27)21-25-18-6-4-5-7-19(18)31-21/h4-9,14-15,26H,10-13H2,1-3H3. The fourth-order valence-electron chi connectivity index (χ4n) is 3.88. The number of nitrogens with zero attached hydrogens (tertiary/aromatic N) is 2. The van der Waals surface area contributed by atoms with E-state index in [4.69, 9.17) is 16.6 Å². The number of carbonyl (C=O) groups is 1.